The van der Waals surface area contributed by atoms with Crippen LogP contribution in [0.2, 0.25) is 0 Å². The molecule has 0 radical (unpaired) electrons. The summed E-state index contributed by atoms with van der Waals surface area (Å²) in [5.74, 6) is 0. The van der Waals surface area contributed by atoms with E-state index in [1.165, 1.54) is 4.31 Å². The summed E-state index contributed by atoms with van der Waals surface area (Å²) in [4.78, 5) is 0.340. The van der Waals surface area contributed by atoms with Crippen LogP contribution < -0.4 is 0 Å². The van der Waals surface area contributed by atoms with Crippen LogP contribution in [-0.4, -0.2) is 36.0 Å². The summed E-state index contributed by atoms with van der Waals surface area (Å²) in [6.45, 7) is 3.47. The number of sulfonamides is 1. The minimum absolute atomic E-state index is 0. The highest BCUT2D eigenvalue weighted by Crippen LogP contribution is 2.29. The van der Waals surface area contributed by atoms with Crippen LogP contribution in [0.5, 0.6) is 0 Å². The van der Waals surface area contributed by atoms with Crippen LogP contribution >= 0.6 is 12.4 Å². The summed E-state index contributed by atoms with van der Waals surface area (Å²) in [6, 6.07) is 0.147. The normalized spacial score (nSPS) is 17.1. The van der Waals surface area contributed by atoms with Crippen molar-refractivity contribution in [2.24, 2.45) is 0 Å². The smallest absolute Gasteiger partial charge is 0.246 e. The molecule has 0 bridgehead atoms. The quantitative estimate of drug-likeness (QED) is 0.927. The molecule has 0 aliphatic heterocycles. The number of aromatic amines is 1. The van der Waals surface area contributed by atoms with Gasteiger partial charge in [0.1, 0.15) is 4.90 Å². The molecule has 1 aliphatic carbocycles. The van der Waals surface area contributed by atoms with E-state index in [0.717, 1.165) is 25.7 Å². The predicted octanol–water partition coefficient (Wildman–Crippen LogP) is 2.01. The van der Waals surface area contributed by atoms with Crippen molar-refractivity contribution in [3.8, 4) is 0 Å². The highest BCUT2D eigenvalue weighted by atomic mass is 35.5. The molecule has 0 saturated heterocycles. The Morgan fingerprint density at radius 1 is 1.28 bits per heavy atom. The maximum Gasteiger partial charge on any atom is 0.246 e. The third-order valence-corrected chi connectivity index (χ3v) is 5.71. The van der Waals surface area contributed by atoms with Gasteiger partial charge in [0.2, 0.25) is 10.0 Å². The van der Waals surface area contributed by atoms with E-state index in [4.69, 9.17) is 0 Å². The van der Waals surface area contributed by atoms with E-state index < -0.39 is 10.0 Å². The molecule has 0 spiro atoms. The van der Waals surface area contributed by atoms with E-state index >= 15 is 0 Å². The molecule has 1 fully saturated rings. The molecule has 1 N–H and O–H groups in total. The number of H-pyrrole nitrogens is 1. The molecule has 104 valence electrons. The number of rotatable bonds is 3. The summed E-state index contributed by atoms with van der Waals surface area (Å²) in [5.41, 5.74) is 1.17. The van der Waals surface area contributed by atoms with Crippen molar-refractivity contribution in [2.75, 3.05) is 7.05 Å². The molecule has 1 saturated carbocycles. The van der Waals surface area contributed by atoms with E-state index in [0.29, 0.717) is 16.3 Å². The summed E-state index contributed by atoms with van der Waals surface area (Å²) in [7, 11) is -1.72. The fourth-order valence-corrected chi connectivity index (χ4v) is 4.27. The second-order valence-electron chi connectivity index (χ2n) is 4.72. The first-order valence-corrected chi connectivity index (χ1v) is 7.38. The second kappa shape index (κ2) is 5.59. The standard InChI is InChI=1S/C11H19N3O2S.ClH/c1-8-11(9(2)13-12-8)17(15,16)14(3)10-6-4-5-7-10;/h10H,4-7H2,1-3H3,(H,12,13);1H. The number of halogens is 1. The van der Waals surface area contributed by atoms with Gasteiger partial charge in [-0.05, 0) is 26.7 Å². The van der Waals surface area contributed by atoms with Gasteiger partial charge in [-0.3, -0.25) is 5.10 Å². The van der Waals surface area contributed by atoms with Gasteiger partial charge in [-0.2, -0.15) is 9.40 Å². The number of aromatic nitrogens is 2. The van der Waals surface area contributed by atoms with Crippen LogP contribution in [0.3, 0.4) is 0 Å². The molecule has 7 heteroatoms. The first-order chi connectivity index (χ1) is 7.94. The Morgan fingerprint density at radius 2 is 1.83 bits per heavy atom. The SMILES string of the molecule is Cc1n[nH]c(C)c1S(=O)(=O)N(C)C1CCCC1.Cl. The van der Waals surface area contributed by atoms with Crippen molar-refractivity contribution in [3.63, 3.8) is 0 Å². The molecule has 1 aliphatic rings. The van der Waals surface area contributed by atoms with Gasteiger partial charge in [-0.1, -0.05) is 12.8 Å². The summed E-state index contributed by atoms with van der Waals surface area (Å²) in [5, 5.41) is 6.69. The van der Waals surface area contributed by atoms with E-state index in [-0.39, 0.29) is 18.4 Å². The molecule has 1 aromatic heterocycles. The molecule has 0 atom stereocenters. The Kier molecular flexibility index (Phi) is 4.80. The molecule has 18 heavy (non-hydrogen) atoms. The summed E-state index contributed by atoms with van der Waals surface area (Å²) >= 11 is 0. The van der Waals surface area contributed by atoms with Crippen molar-refractivity contribution in [1.82, 2.24) is 14.5 Å². The van der Waals surface area contributed by atoms with Crippen LogP contribution in [0.1, 0.15) is 37.1 Å². The van der Waals surface area contributed by atoms with E-state index in [9.17, 15) is 8.42 Å². The van der Waals surface area contributed by atoms with E-state index in [1.54, 1.807) is 20.9 Å². The first kappa shape index (κ1) is 15.5. The Labute approximate surface area is 114 Å². The Bertz CT molecular complexity index is 487. The lowest BCUT2D eigenvalue weighted by Crippen LogP contribution is -2.35. The predicted molar refractivity (Wildman–Crippen MR) is 72.5 cm³/mol. The van der Waals surface area contributed by atoms with Gasteiger partial charge in [-0.15, -0.1) is 12.4 Å². The fraction of sp³-hybridized carbons (Fsp3) is 0.727. The van der Waals surface area contributed by atoms with Crippen LogP contribution in [-0.2, 0) is 10.0 Å². The highest BCUT2D eigenvalue weighted by molar-refractivity contribution is 7.89. The molecule has 1 aromatic rings. The number of nitrogens with zero attached hydrogens (tertiary/aromatic N) is 2. The largest absolute Gasteiger partial charge is 0.281 e. The molecule has 0 unspecified atom stereocenters. The zero-order valence-corrected chi connectivity index (χ0v) is 12.6. The highest BCUT2D eigenvalue weighted by Gasteiger charge is 2.33. The average molecular weight is 294 g/mol. The van der Waals surface area contributed by atoms with Crippen LogP contribution in [0.4, 0.5) is 0 Å². The third-order valence-electron chi connectivity index (χ3n) is 3.54. The van der Waals surface area contributed by atoms with Gasteiger partial charge >= 0.3 is 0 Å². The molecular weight excluding hydrogens is 274 g/mol. The Balaban J connectivity index is 0.00000162. The maximum atomic E-state index is 12.5. The average Bonchev–Trinajstić information content (AvgIpc) is 2.87. The van der Waals surface area contributed by atoms with Gasteiger partial charge in [-0.25, -0.2) is 8.42 Å². The lowest BCUT2D eigenvalue weighted by molar-refractivity contribution is 0.372. The topological polar surface area (TPSA) is 66.1 Å². The van der Waals surface area contributed by atoms with Gasteiger partial charge in [0, 0.05) is 13.1 Å². The minimum Gasteiger partial charge on any atom is -0.281 e. The molecule has 2 rings (SSSR count). The maximum absolute atomic E-state index is 12.5. The van der Waals surface area contributed by atoms with Crippen molar-refractivity contribution in [2.45, 2.75) is 50.5 Å². The van der Waals surface area contributed by atoms with Crippen molar-refractivity contribution >= 4 is 22.4 Å². The van der Waals surface area contributed by atoms with Crippen LogP contribution in [0, 0.1) is 13.8 Å². The second-order valence-corrected chi connectivity index (χ2v) is 6.66. The fourth-order valence-electron chi connectivity index (χ4n) is 2.53. The van der Waals surface area contributed by atoms with Crippen molar-refractivity contribution in [1.29, 1.82) is 0 Å². The number of aryl methyl sites for hydroxylation is 2. The van der Waals surface area contributed by atoms with Crippen LogP contribution in [0.15, 0.2) is 4.90 Å². The summed E-state index contributed by atoms with van der Waals surface area (Å²) in [6.07, 6.45) is 4.17. The molecular formula is C11H20ClN3O2S. The van der Waals surface area contributed by atoms with Gasteiger partial charge in [0.25, 0.3) is 0 Å². The van der Waals surface area contributed by atoms with Gasteiger partial charge in [0.15, 0.2) is 0 Å². The van der Waals surface area contributed by atoms with Crippen LogP contribution in [0.25, 0.3) is 0 Å². The van der Waals surface area contributed by atoms with Gasteiger partial charge < -0.3 is 0 Å². The van der Waals surface area contributed by atoms with Gasteiger partial charge in [0.05, 0.1) is 11.4 Å². The molecule has 0 aromatic carbocycles. The number of nitrogens with one attached hydrogen (secondary N) is 1. The zero-order chi connectivity index (χ0) is 12.6. The molecule has 0 amide bonds. The number of hydrogen-bond acceptors (Lipinski definition) is 3. The molecule has 5 nitrogen and oxygen atoms in total. The Morgan fingerprint density at radius 3 is 2.28 bits per heavy atom. The van der Waals surface area contributed by atoms with E-state index in [2.05, 4.69) is 10.2 Å². The van der Waals surface area contributed by atoms with Crippen molar-refractivity contribution < 1.29 is 8.42 Å². The molecule has 1 heterocycles. The first-order valence-electron chi connectivity index (χ1n) is 5.94. The van der Waals surface area contributed by atoms with E-state index in [1.807, 2.05) is 0 Å². The minimum atomic E-state index is -3.40. The number of hydrogen-bond donors (Lipinski definition) is 1. The third kappa shape index (κ3) is 2.55. The Hall–Kier alpha value is -0.590. The zero-order valence-electron chi connectivity index (χ0n) is 10.9. The monoisotopic (exact) mass is 293 g/mol. The van der Waals surface area contributed by atoms with Crippen molar-refractivity contribution in [3.05, 3.63) is 11.4 Å². The lowest BCUT2D eigenvalue weighted by atomic mass is 10.3. The lowest BCUT2D eigenvalue weighted by Gasteiger charge is -2.23. The summed E-state index contributed by atoms with van der Waals surface area (Å²) < 4.78 is 26.5.